The third kappa shape index (κ3) is 6.15. The first-order chi connectivity index (χ1) is 13.9. The van der Waals surface area contributed by atoms with Crippen molar-refractivity contribution in [1.29, 1.82) is 0 Å². The smallest absolute Gasteiger partial charge is 0.231 e. The zero-order valence-corrected chi connectivity index (χ0v) is 19.3. The number of rotatable bonds is 10. The first-order valence-corrected chi connectivity index (χ1v) is 11.6. The van der Waals surface area contributed by atoms with Crippen LogP contribution in [0.4, 0.5) is 0 Å². The molecule has 4 heteroatoms. The average molecular weight is 402 g/mol. The van der Waals surface area contributed by atoms with Gasteiger partial charge >= 0.3 is 0 Å². The molecule has 0 radical (unpaired) electrons. The third-order valence-corrected chi connectivity index (χ3v) is 6.64. The first kappa shape index (κ1) is 23.6. The van der Waals surface area contributed by atoms with Gasteiger partial charge in [0.25, 0.3) is 0 Å². The summed E-state index contributed by atoms with van der Waals surface area (Å²) < 4.78 is 0.770. The predicted molar refractivity (Wildman–Crippen MR) is 120 cm³/mol. The molecule has 0 aromatic heterocycles. The Morgan fingerprint density at radius 1 is 1.07 bits per heavy atom. The van der Waals surface area contributed by atoms with Crippen molar-refractivity contribution in [1.82, 2.24) is 4.90 Å². The van der Waals surface area contributed by atoms with E-state index in [4.69, 9.17) is 0 Å². The number of likely N-dealkylation sites (N-methyl/N-ethyl adjacent to an activating group) is 1. The lowest BCUT2D eigenvalue weighted by Crippen LogP contribution is -2.59. The number of nitrogens with zero attached hydrogens (tertiary/aromatic N) is 2. The van der Waals surface area contributed by atoms with E-state index in [1.165, 1.54) is 16.7 Å². The molecule has 29 heavy (non-hydrogen) atoms. The summed E-state index contributed by atoms with van der Waals surface area (Å²) in [6.45, 7) is 15.6. The summed E-state index contributed by atoms with van der Waals surface area (Å²) in [4.78, 5) is 28.3. The average Bonchev–Trinajstić information content (AvgIpc) is 2.70. The molecule has 1 amide bonds. The molecule has 1 heterocycles. The third-order valence-electron chi connectivity index (χ3n) is 6.64. The number of quaternary nitrogens is 1. The van der Waals surface area contributed by atoms with E-state index in [-0.39, 0.29) is 5.92 Å². The van der Waals surface area contributed by atoms with Crippen LogP contribution in [0, 0.1) is 19.8 Å². The van der Waals surface area contributed by atoms with Gasteiger partial charge in [-0.1, -0.05) is 32.0 Å². The molecule has 1 saturated heterocycles. The number of benzene rings is 1. The van der Waals surface area contributed by atoms with Crippen LogP contribution < -0.4 is 0 Å². The summed E-state index contributed by atoms with van der Waals surface area (Å²) in [5, 5.41) is 0. The summed E-state index contributed by atoms with van der Waals surface area (Å²) in [5.74, 6) is 0.678. The van der Waals surface area contributed by atoms with E-state index in [9.17, 15) is 9.59 Å². The summed E-state index contributed by atoms with van der Waals surface area (Å²) in [6, 6.07) is 6.23. The standard InChI is InChI=1S/C25H41N2O2/c1-6-14-26(15-7-2)25(29)22-13-10-16-27(8-3,18-22)19-23(28)17-24-20(4)11-9-12-21(24)5/h9,11-12,22H,6-8,10,13-19H2,1-5H3/q+1. The molecule has 0 N–H and O–H groups in total. The van der Waals surface area contributed by atoms with Gasteiger partial charge in [0.05, 0.1) is 25.6 Å². The van der Waals surface area contributed by atoms with Crippen LogP contribution in [0.1, 0.15) is 63.1 Å². The minimum absolute atomic E-state index is 0.0646. The van der Waals surface area contributed by atoms with Crippen molar-refractivity contribution in [3.8, 4) is 0 Å². The van der Waals surface area contributed by atoms with Crippen molar-refractivity contribution in [2.75, 3.05) is 39.3 Å². The molecule has 0 spiro atoms. The minimum atomic E-state index is 0.0646. The fraction of sp³-hybridized carbons (Fsp3) is 0.680. The van der Waals surface area contributed by atoms with Gasteiger partial charge in [-0.15, -0.1) is 0 Å². The second-order valence-corrected chi connectivity index (χ2v) is 8.97. The molecule has 2 unspecified atom stereocenters. The van der Waals surface area contributed by atoms with E-state index in [2.05, 4.69) is 57.7 Å². The molecule has 1 aliphatic heterocycles. The van der Waals surface area contributed by atoms with Gasteiger partial charge in [0.2, 0.25) is 5.91 Å². The van der Waals surface area contributed by atoms with Crippen LogP contribution in [0.2, 0.25) is 0 Å². The van der Waals surface area contributed by atoms with Crippen molar-refractivity contribution < 1.29 is 14.1 Å². The van der Waals surface area contributed by atoms with Gasteiger partial charge in [-0.05, 0) is 63.1 Å². The maximum absolute atomic E-state index is 13.2. The summed E-state index contributed by atoms with van der Waals surface area (Å²) in [5.41, 5.74) is 3.57. The Balaban J connectivity index is 2.09. The Bertz CT molecular complexity index is 674. The van der Waals surface area contributed by atoms with Crippen molar-refractivity contribution >= 4 is 11.7 Å². The molecule has 2 atom stereocenters. The Kier molecular flexibility index (Phi) is 8.88. The van der Waals surface area contributed by atoms with Crippen LogP contribution in [-0.2, 0) is 16.0 Å². The number of Topliss-reactive ketones (excluding diaryl/α,β-unsaturated/α-hetero) is 1. The van der Waals surface area contributed by atoms with Crippen LogP contribution in [0.15, 0.2) is 18.2 Å². The van der Waals surface area contributed by atoms with Gasteiger partial charge in [0, 0.05) is 19.5 Å². The van der Waals surface area contributed by atoms with Gasteiger partial charge in [0.1, 0.15) is 6.54 Å². The number of ketones is 1. The van der Waals surface area contributed by atoms with E-state index in [1.807, 2.05) is 0 Å². The number of hydrogen-bond acceptors (Lipinski definition) is 2. The van der Waals surface area contributed by atoms with E-state index in [1.54, 1.807) is 0 Å². The number of likely N-dealkylation sites (tertiary alicyclic amines) is 1. The number of piperidine rings is 1. The number of hydrogen-bond donors (Lipinski definition) is 0. The first-order valence-electron chi connectivity index (χ1n) is 11.6. The lowest BCUT2D eigenvalue weighted by Gasteiger charge is -2.44. The van der Waals surface area contributed by atoms with E-state index in [0.717, 1.165) is 62.9 Å². The highest BCUT2D eigenvalue weighted by Gasteiger charge is 2.39. The molecule has 1 aliphatic rings. The van der Waals surface area contributed by atoms with Gasteiger partial charge in [-0.3, -0.25) is 9.59 Å². The highest BCUT2D eigenvalue weighted by atomic mass is 16.2. The summed E-state index contributed by atoms with van der Waals surface area (Å²) in [7, 11) is 0. The largest absolute Gasteiger partial charge is 0.342 e. The maximum Gasteiger partial charge on any atom is 0.231 e. The molecule has 1 aromatic carbocycles. The maximum atomic E-state index is 13.2. The van der Waals surface area contributed by atoms with Crippen LogP contribution >= 0.6 is 0 Å². The predicted octanol–water partition coefficient (Wildman–Crippen LogP) is 4.31. The van der Waals surface area contributed by atoms with Crippen molar-refractivity contribution in [3.05, 3.63) is 34.9 Å². The molecule has 4 nitrogen and oxygen atoms in total. The van der Waals surface area contributed by atoms with Crippen LogP contribution in [0.3, 0.4) is 0 Å². The highest BCUT2D eigenvalue weighted by molar-refractivity contribution is 5.83. The number of aryl methyl sites for hydroxylation is 2. The lowest BCUT2D eigenvalue weighted by atomic mass is 9.92. The molecule has 1 aromatic rings. The van der Waals surface area contributed by atoms with Crippen molar-refractivity contribution in [2.45, 2.75) is 66.7 Å². The van der Waals surface area contributed by atoms with Gasteiger partial charge in [-0.2, -0.15) is 0 Å². The highest BCUT2D eigenvalue weighted by Crippen LogP contribution is 2.26. The van der Waals surface area contributed by atoms with E-state index in [0.29, 0.717) is 24.7 Å². The molecule has 0 aliphatic carbocycles. The molecule has 0 saturated carbocycles. The second-order valence-electron chi connectivity index (χ2n) is 8.97. The van der Waals surface area contributed by atoms with Gasteiger partial charge in [-0.25, -0.2) is 0 Å². The normalized spacial score (nSPS) is 21.8. The Hall–Kier alpha value is -1.68. The monoisotopic (exact) mass is 401 g/mol. The Morgan fingerprint density at radius 2 is 1.69 bits per heavy atom. The zero-order valence-electron chi connectivity index (χ0n) is 19.3. The summed E-state index contributed by atoms with van der Waals surface area (Å²) >= 11 is 0. The molecule has 1 fully saturated rings. The van der Waals surface area contributed by atoms with Crippen LogP contribution in [-0.4, -0.2) is 60.3 Å². The number of carbonyl (C=O) groups is 2. The number of carbonyl (C=O) groups excluding carboxylic acids is 2. The van der Waals surface area contributed by atoms with Gasteiger partial charge < -0.3 is 9.38 Å². The molecule has 0 bridgehead atoms. The number of amides is 1. The van der Waals surface area contributed by atoms with Crippen LogP contribution in [0.25, 0.3) is 0 Å². The van der Waals surface area contributed by atoms with Crippen molar-refractivity contribution in [3.63, 3.8) is 0 Å². The zero-order chi connectivity index (χ0) is 21.4. The fourth-order valence-electron chi connectivity index (χ4n) is 4.95. The van der Waals surface area contributed by atoms with E-state index < -0.39 is 0 Å². The summed E-state index contributed by atoms with van der Waals surface area (Å²) in [6.07, 6.45) is 4.51. The Labute approximate surface area is 177 Å². The van der Waals surface area contributed by atoms with Crippen molar-refractivity contribution in [2.24, 2.45) is 5.92 Å². The molecule has 162 valence electrons. The molecular formula is C25H41N2O2+. The van der Waals surface area contributed by atoms with E-state index >= 15 is 0 Å². The SMILES string of the molecule is CCCN(CCC)C(=O)C1CCC[N+](CC)(CC(=O)Cc2c(C)cccc2C)C1. The quantitative estimate of drug-likeness (QED) is 0.548. The molecule has 2 rings (SSSR count). The topological polar surface area (TPSA) is 37.4 Å². The van der Waals surface area contributed by atoms with Gasteiger partial charge in [0.15, 0.2) is 5.78 Å². The lowest BCUT2D eigenvalue weighted by molar-refractivity contribution is -0.925. The fourth-order valence-corrected chi connectivity index (χ4v) is 4.95. The molecular weight excluding hydrogens is 360 g/mol. The minimum Gasteiger partial charge on any atom is -0.342 e. The Morgan fingerprint density at radius 3 is 2.24 bits per heavy atom. The van der Waals surface area contributed by atoms with Crippen LogP contribution in [0.5, 0.6) is 0 Å². The second kappa shape index (κ2) is 10.9.